The molecule has 66 valence electrons. The van der Waals surface area contributed by atoms with E-state index in [2.05, 4.69) is 0 Å². The summed E-state index contributed by atoms with van der Waals surface area (Å²) < 4.78 is 13.3. The number of nitrogens with zero attached hydrogens (tertiary/aromatic N) is 1. The lowest BCUT2D eigenvalue weighted by Gasteiger charge is -2.04. The minimum absolute atomic E-state index is 0.704. The van der Waals surface area contributed by atoms with Gasteiger partial charge in [0, 0.05) is 29.8 Å². The Morgan fingerprint density at radius 1 is 0.750 bits per heavy atom. The molecule has 0 saturated carbocycles. The van der Waals surface area contributed by atoms with Crippen LogP contribution in [-0.2, 0) is 0 Å². The summed E-state index contributed by atoms with van der Waals surface area (Å²) in [5, 5.41) is 0. The Labute approximate surface area is 72.8 Å². The zero-order valence-corrected chi connectivity index (χ0v) is 8.33. The van der Waals surface area contributed by atoms with Crippen molar-refractivity contribution >= 4 is 0 Å². The lowest BCUT2D eigenvalue weighted by Crippen LogP contribution is -2.33. The van der Waals surface area contributed by atoms with Crippen molar-refractivity contribution in [3.63, 3.8) is 0 Å². The molecule has 1 rings (SSSR count). The van der Waals surface area contributed by atoms with E-state index in [4.69, 9.17) is 0 Å². The molecule has 0 atom stereocenters. The highest BCUT2D eigenvalue weighted by Gasteiger charge is 2.19. The van der Waals surface area contributed by atoms with Crippen LogP contribution >= 0.6 is 0 Å². The van der Waals surface area contributed by atoms with E-state index in [-0.39, 0.29) is 0 Å². The standard InChI is InChI=1S/C10H15FN/c1-6-7(2)9(4)12(11)10(5)8(6)3/h1-5H3/q+1. The highest BCUT2D eigenvalue weighted by Crippen LogP contribution is 2.15. The van der Waals surface area contributed by atoms with Crippen LogP contribution in [0.15, 0.2) is 0 Å². The molecule has 2 heteroatoms. The Balaban J connectivity index is 3.60. The lowest BCUT2D eigenvalue weighted by molar-refractivity contribution is -0.853. The molecule has 0 aliphatic rings. The quantitative estimate of drug-likeness (QED) is 0.559. The fourth-order valence-corrected chi connectivity index (χ4v) is 1.37. The average Bonchev–Trinajstić information content (AvgIpc) is 2.08. The van der Waals surface area contributed by atoms with Gasteiger partial charge in [-0.1, -0.05) is 0 Å². The molecular formula is C10H15FN+. The van der Waals surface area contributed by atoms with E-state index >= 15 is 0 Å². The largest absolute Gasteiger partial charge is 0.230 e. The van der Waals surface area contributed by atoms with E-state index in [0.29, 0.717) is 11.4 Å². The first-order valence-corrected chi connectivity index (χ1v) is 4.12. The maximum Gasteiger partial charge on any atom is 0.230 e. The summed E-state index contributed by atoms with van der Waals surface area (Å²) >= 11 is 0. The van der Waals surface area contributed by atoms with E-state index in [1.807, 2.05) is 20.8 Å². The van der Waals surface area contributed by atoms with Gasteiger partial charge in [0.1, 0.15) is 0 Å². The molecule has 0 N–H and O–H groups in total. The van der Waals surface area contributed by atoms with Gasteiger partial charge >= 0.3 is 0 Å². The van der Waals surface area contributed by atoms with Gasteiger partial charge in [-0.15, -0.1) is 0 Å². The highest BCUT2D eigenvalue weighted by atomic mass is 19.2. The van der Waals surface area contributed by atoms with Crippen LogP contribution in [0, 0.1) is 34.6 Å². The number of hydrogen-bond acceptors (Lipinski definition) is 0. The predicted molar refractivity (Wildman–Crippen MR) is 46.8 cm³/mol. The average molecular weight is 168 g/mol. The summed E-state index contributed by atoms with van der Waals surface area (Å²) in [6, 6.07) is 0. The second-order valence-electron chi connectivity index (χ2n) is 3.33. The Morgan fingerprint density at radius 3 is 1.42 bits per heavy atom. The highest BCUT2D eigenvalue weighted by molar-refractivity contribution is 5.33. The van der Waals surface area contributed by atoms with Gasteiger partial charge in [0.05, 0.1) is 4.48 Å². The van der Waals surface area contributed by atoms with Crippen LogP contribution in [0.5, 0.6) is 0 Å². The van der Waals surface area contributed by atoms with E-state index in [0.717, 1.165) is 15.9 Å². The molecule has 0 saturated heterocycles. The molecule has 0 bridgehead atoms. The van der Waals surface area contributed by atoms with Gasteiger partial charge in [0.25, 0.3) is 0 Å². The molecule has 0 radical (unpaired) electrons. The van der Waals surface area contributed by atoms with Gasteiger partial charge in [-0.05, 0) is 26.3 Å². The van der Waals surface area contributed by atoms with Crippen LogP contribution in [0.25, 0.3) is 0 Å². The normalized spacial score (nSPS) is 10.5. The predicted octanol–water partition coefficient (Wildman–Crippen LogP) is 2.25. The molecule has 0 aliphatic heterocycles. The van der Waals surface area contributed by atoms with Crippen molar-refractivity contribution in [2.24, 2.45) is 0 Å². The molecule has 0 fully saturated rings. The van der Waals surface area contributed by atoms with Crippen LogP contribution in [0.2, 0.25) is 0 Å². The fourth-order valence-electron chi connectivity index (χ4n) is 1.37. The van der Waals surface area contributed by atoms with E-state index < -0.39 is 0 Å². The van der Waals surface area contributed by atoms with Crippen molar-refractivity contribution in [2.45, 2.75) is 34.6 Å². The number of rotatable bonds is 0. The van der Waals surface area contributed by atoms with Gasteiger partial charge in [0.15, 0.2) is 0 Å². The first-order chi connectivity index (χ1) is 5.46. The monoisotopic (exact) mass is 168 g/mol. The SMILES string of the molecule is Cc1c(C)c(C)[n+](F)c(C)c1C. The van der Waals surface area contributed by atoms with Gasteiger partial charge in [-0.2, -0.15) is 0 Å². The molecule has 1 aromatic rings. The fraction of sp³-hybridized carbons (Fsp3) is 0.500. The van der Waals surface area contributed by atoms with Gasteiger partial charge in [-0.3, -0.25) is 0 Å². The van der Waals surface area contributed by atoms with Crippen LogP contribution < -0.4 is 4.79 Å². The van der Waals surface area contributed by atoms with Crippen molar-refractivity contribution in [2.75, 3.05) is 0 Å². The van der Waals surface area contributed by atoms with Gasteiger partial charge in [0.2, 0.25) is 11.4 Å². The van der Waals surface area contributed by atoms with E-state index in [9.17, 15) is 4.48 Å². The topological polar surface area (TPSA) is 3.88 Å². The molecular weight excluding hydrogens is 153 g/mol. The Morgan fingerprint density at radius 2 is 1.08 bits per heavy atom. The number of halogens is 1. The molecule has 0 unspecified atom stereocenters. The Kier molecular flexibility index (Phi) is 2.18. The molecule has 0 aliphatic carbocycles. The summed E-state index contributed by atoms with van der Waals surface area (Å²) in [7, 11) is 0. The number of aromatic nitrogens is 1. The third kappa shape index (κ3) is 1.11. The van der Waals surface area contributed by atoms with Crippen LogP contribution in [-0.4, -0.2) is 0 Å². The molecule has 0 spiro atoms. The summed E-state index contributed by atoms with van der Waals surface area (Å²) in [4.78, 5) is 0.762. The molecule has 0 amide bonds. The third-order valence-corrected chi connectivity index (χ3v) is 2.80. The second-order valence-corrected chi connectivity index (χ2v) is 3.33. The smallest absolute Gasteiger partial charge is 0.0388 e. The molecule has 1 heterocycles. The zero-order valence-electron chi connectivity index (χ0n) is 8.33. The molecule has 1 aromatic heterocycles. The van der Waals surface area contributed by atoms with Gasteiger partial charge < -0.3 is 0 Å². The lowest BCUT2D eigenvalue weighted by atomic mass is 10.0. The van der Waals surface area contributed by atoms with Crippen molar-refractivity contribution in [1.82, 2.24) is 0 Å². The van der Waals surface area contributed by atoms with Crippen molar-refractivity contribution in [3.8, 4) is 0 Å². The van der Waals surface area contributed by atoms with Crippen LogP contribution in [0.1, 0.15) is 28.1 Å². The zero-order chi connectivity index (χ0) is 9.46. The Bertz CT molecular complexity index is 224. The minimum Gasteiger partial charge on any atom is -0.0388 e. The number of pyridine rings is 1. The maximum atomic E-state index is 13.3. The van der Waals surface area contributed by atoms with Crippen molar-refractivity contribution < 1.29 is 9.27 Å². The number of hydrogen-bond donors (Lipinski definition) is 0. The minimum atomic E-state index is 0.704. The van der Waals surface area contributed by atoms with Crippen molar-refractivity contribution in [1.29, 1.82) is 0 Å². The molecule has 12 heavy (non-hydrogen) atoms. The second kappa shape index (κ2) is 2.85. The summed E-state index contributed by atoms with van der Waals surface area (Å²) in [6.45, 7) is 9.54. The molecule has 1 nitrogen and oxygen atoms in total. The Hall–Kier alpha value is -0.920. The first kappa shape index (κ1) is 9.17. The maximum absolute atomic E-state index is 13.3. The van der Waals surface area contributed by atoms with Crippen LogP contribution in [0.3, 0.4) is 0 Å². The first-order valence-electron chi connectivity index (χ1n) is 4.12. The van der Waals surface area contributed by atoms with Crippen molar-refractivity contribution in [3.05, 3.63) is 28.1 Å². The summed E-state index contributed by atoms with van der Waals surface area (Å²) in [5.74, 6) is 0. The van der Waals surface area contributed by atoms with Gasteiger partial charge in [-0.25, -0.2) is 0 Å². The summed E-state index contributed by atoms with van der Waals surface area (Å²) in [5.41, 5.74) is 4.69. The van der Waals surface area contributed by atoms with E-state index in [1.165, 1.54) is 5.56 Å². The third-order valence-electron chi connectivity index (χ3n) is 2.80. The molecule has 0 aromatic carbocycles. The van der Waals surface area contributed by atoms with Crippen LogP contribution in [0.4, 0.5) is 4.48 Å². The van der Waals surface area contributed by atoms with E-state index in [1.54, 1.807) is 13.8 Å². The summed E-state index contributed by atoms with van der Waals surface area (Å²) in [6.07, 6.45) is 0.